The molecule has 1 aromatic carbocycles. The smallest absolute Gasteiger partial charge is 0.314 e. The molecule has 0 bridgehead atoms. The second kappa shape index (κ2) is 6.80. The lowest BCUT2D eigenvalue weighted by Crippen LogP contribution is -2.51. The van der Waals surface area contributed by atoms with Gasteiger partial charge >= 0.3 is 6.03 Å². The molecule has 1 fully saturated rings. The Kier molecular flexibility index (Phi) is 5.25. The van der Waals surface area contributed by atoms with Crippen molar-refractivity contribution in [2.75, 3.05) is 20.1 Å². The summed E-state index contributed by atoms with van der Waals surface area (Å²) >= 11 is 5.65. The van der Waals surface area contributed by atoms with E-state index < -0.39 is 15.8 Å². The SMILES string of the molecule is CNC(=O)NC1CCCN(S(=O)(=O)c2ccc(F)c(Cl)c2)C1. The molecule has 1 heterocycles. The van der Waals surface area contributed by atoms with Crippen LogP contribution >= 0.6 is 11.6 Å². The van der Waals surface area contributed by atoms with Crippen LogP contribution in [0.4, 0.5) is 9.18 Å². The van der Waals surface area contributed by atoms with E-state index in [9.17, 15) is 17.6 Å². The van der Waals surface area contributed by atoms with Crippen molar-refractivity contribution in [1.82, 2.24) is 14.9 Å². The monoisotopic (exact) mass is 349 g/mol. The van der Waals surface area contributed by atoms with E-state index in [0.29, 0.717) is 19.4 Å². The van der Waals surface area contributed by atoms with E-state index in [4.69, 9.17) is 11.6 Å². The standard InChI is InChI=1S/C13H17ClFN3O3S/c1-16-13(19)17-9-3-2-6-18(8-9)22(20,21)10-4-5-12(15)11(14)7-10/h4-5,7,9H,2-3,6,8H2,1H3,(H2,16,17,19). The van der Waals surface area contributed by atoms with Crippen molar-refractivity contribution in [3.63, 3.8) is 0 Å². The fourth-order valence-corrected chi connectivity index (χ4v) is 4.12. The van der Waals surface area contributed by atoms with E-state index in [1.54, 1.807) is 0 Å². The van der Waals surface area contributed by atoms with Gasteiger partial charge in [-0.25, -0.2) is 17.6 Å². The molecule has 6 nitrogen and oxygen atoms in total. The first-order chi connectivity index (χ1) is 10.3. The quantitative estimate of drug-likeness (QED) is 0.869. The van der Waals surface area contributed by atoms with Crippen LogP contribution in [0.15, 0.2) is 23.1 Å². The third-order valence-corrected chi connectivity index (χ3v) is 5.63. The van der Waals surface area contributed by atoms with Crippen molar-refractivity contribution in [3.8, 4) is 0 Å². The summed E-state index contributed by atoms with van der Waals surface area (Å²) in [7, 11) is -2.27. The van der Waals surface area contributed by atoms with Crippen molar-refractivity contribution < 1.29 is 17.6 Å². The van der Waals surface area contributed by atoms with Crippen molar-refractivity contribution in [1.29, 1.82) is 0 Å². The molecular weight excluding hydrogens is 333 g/mol. The van der Waals surface area contributed by atoms with Crippen LogP contribution in [0, 0.1) is 5.82 Å². The number of rotatable bonds is 3. The number of nitrogens with zero attached hydrogens (tertiary/aromatic N) is 1. The predicted octanol–water partition coefficient (Wildman–Crippen LogP) is 1.56. The largest absolute Gasteiger partial charge is 0.341 e. The van der Waals surface area contributed by atoms with Crippen LogP contribution in [0.25, 0.3) is 0 Å². The molecule has 1 unspecified atom stereocenters. The van der Waals surface area contributed by atoms with Crippen LogP contribution in [-0.4, -0.2) is 44.9 Å². The topological polar surface area (TPSA) is 78.5 Å². The third-order valence-electron chi connectivity index (χ3n) is 3.48. The minimum absolute atomic E-state index is 0.0560. The summed E-state index contributed by atoms with van der Waals surface area (Å²) in [5, 5.41) is 4.90. The van der Waals surface area contributed by atoms with Crippen LogP contribution in [0.3, 0.4) is 0 Å². The molecule has 1 aliphatic rings. The van der Waals surface area contributed by atoms with Crippen LogP contribution in [0.5, 0.6) is 0 Å². The summed E-state index contributed by atoms with van der Waals surface area (Å²) in [6.45, 7) is 0.522. The average Bonchev–Trinajstić information content (AvgIpc) is 2.50. The van der Waals surface area contributed by atoms with E-state index in [1.165, 1.54) is 17.4 Å². The van der Waals surface area contributed by atoms with E-state index in [-0.39, 0.29) is 28.5 Å². The fourth-order valence-electron chi connectivity index (χ4n) is 2.32. The van der Waals surface area contributed by atoms with E-state index in [2.05, 4.69) is 10.6 Å². The zero-order valence-corrected chi connectivity index (χ0v) is 13.5. The lowest BCUT2D eigenvalue weighted by atomic mass is 10.1. The Morgan fingerprint density at radius 3 is 2.82 bits per heavy atom. The van der Waals surface area contributed by atoms with Gasteiger partial charge in [0.25, 0.3) is 0 Å². The first-order valence-corrected chi connectivity index (χ1v) is 8.60. The highest BCUT2D eigenvalue weighted by atomic mass is 35.5. The highest BCUT2D eigenvalue weighted by Gasteiger charge is 2.31. The number of carbonyl (C=O) groups excluding carboxylic acids is 1. The summed E-state index contributed by atoms with van der Waals surface area (Å²) in [4.78, 5) is 11.3. The zero-order chi connectivity index (χ0) is 16.3. The number of sulfonamides is 1. The summed E-state index contributed by atoms with van der Waals surface area (Å²) < 4.78 is 39.6. The van der Waals surface area contributed by atoms with Crippen LogP contribution < -0.4 is 10.6 Å². The Morgan fingerprint density at radius 2 is 2.18 bits per heavy atom. The molecular formula is C13H17ClFN3O3S. The maximum Gasteiger partial charge on any atom is 0.314 e. The zero-order valence-electron chi connectivity index (χ0n) is 12.0. The Labute approximate surface area is 133 Å². The number of hydrogen-bond donors (Lipinski definition) is 2. The van der Waals surface area contributed by atoms with E-state index in [1.807, 2.05) is 0 Å². The molecule has 0 aromatic heterocycles. The molecule has 1 aliphatic heterocycles. The molecule has 0 radical (unpaired) electrons. The molecule has 22 heavy (non-hydrogen) atoms. The third kappa shape index (κ3) is 3.68. The van der Waals surface area contributed by atoms with Gasteiger partial charge < -0.3 is 10.6 Å². The van der Waals surface area contributed by atoms with Gasteiger partial charge in [-0.15, -0.1) is 0 Å². The van der Waals surface area contributed by atoms with Gasteiger partial charge in [0.2, 0.25) is 10.0 Å². The number of halogens is 2. The molecule has 1 atom stereocenters. The highest BCUT2D eigenvalue weighted by molar-refractivity contribution is 7.89. The molecule has 2 rings (SSSR count). The summed E-state index contributed by atoms with van der Waals surface area (Å²) in [6.07, 6.45) is 1.33. The number of benzene rings is 1. The molecule has 0 aliphatic carbocycles. The Hall–Kier alpha value is -1.38. The van der Waals surface area contributed by atoms with Crippen molar-refractivity contribution in [3.05, 3.63) is 29.0 Å². The summed E-state index contributed by atoms with van der Waals surface area (Å²) in [5.74, 6) is -0.668. The van der Waals surface area contributed by atoms with Crippen molar-refractivity contribution >= 4 is 27.7 Å². The minimum Gasteiger partial charge on any atom is -0.341 e. The van der Waals surface area contributed by atoms with Gasteiger partial charge in [-0.05, 0) is 31.0 Å². The molecule has 122 valence electrons. The Balaban J connectivity index is 2.18. The predicted molar refractivity (Wildman–Crippen MR) is 80.8 cm³/mol. The maximum atomic E-state index is 13.2. The average molecular weight is 350 g/mol. The second-order valence-electron chi connectivity index (χ2n) is 5.00. The van der Waals surface area contributed by atoms with E-state index >= 15 is 0 Å². The molecule has 0 saturated carbocycles. The second-order valence-corrected chi connectivity index (χ2v) is 7.35. The number of hydrogen-bond acceptors (Lipinski definition) is 3. The van der Waals surface area contributed by atoms with Gasteiger partial charge in [0.1, 0.15) is 5.82 Å². The number of piperidine rings is 1. The minimum atomic E-state index is -3.77. The molecule has 9 heteroatoms. The van der Waals surface area contributed by atoms with Gasteiger partial charge in [-0.2, -0.15) is 4.31 Å². The number of nitrogens with one attached hydrogen (secondary N) is 2. The Morgan fingerprint density at radius 1 is 1.45 bits per heavy atom. The molecule has 1 saturated heterocycles. The van der Waals surface area contributed by atoms with Crippen LogP contribution in [-0.2, 0) is 10.0 Å². The lowest BCUT2D eigenvalue weighted by molar-refractivity contribution is 0.227. The van der Waals surface area contributed by atoms with Crippen LogP contribution in [0.2, 0.25) is 5.02 Å². The van der Waals surface area contributed by atoms with Gasteiger partial charge in [-0.1, -0.05) is 11.6 Å². The highest BCUT2D eigenvalue weighted by Crippen LogP contribution is 2.24. The molecule has 2 N–H and O–H groups in total. The van der Waals surface area contributed by atoms with Gasteiger partial charge in [0.15, 0.2) is 0 Å². The van der Waals surface area contributed by atoms with E-state index in [0.717, 1.165) is 12.1 Å². The first-order valence-electron chi connectivity index (χ1n) is 6.78. The number of urea groups is 1. The number of carbonyl (C=O) groups is 1. The normalized spacial score (nSPS) is 19.7. The lowest BCUT2D eigenvalue weighted by Gasteiger charge is -2.32. The first kappa shape index (κ1) is 17.0. The van der Waals surface area contributed by atoms with Gasteiger partial charge in [0, 0.05) is 26.2 Å². The fraction of sp³-hybridized carbons (Fsp3) is 0.462. The molecule has 0 spiro atoms. The maximum absolute atomic E-state index is 13.2. The van der Waals surface area contributed by atoms with Crippen LogP contribution in [0.1, 0.15) is 12.8 Å². The Bertz CT molecular complexity index is 668. The van der Waals surface area contributed by atoms with Gasteiger partial charge in [-0.3, -0.25) is 0 Å². The summed E-state index contributed by atoms with van der Waals surface area (Å²) in [6, 6.07) is 2.70. The molecule has 1 aromatic rings. The molecule has 2 amide bonds. The number of amides is 2. The van der Waals surface area contributed by atoms with Crippen molar-refractivity contribution in [2.24, 2.45) is 0 Å². The van der Waals surface area contributed by atoms with Gasteiger partial charge in [0.05, 0.1) is 9.92 Å². The summed E-state index contributed by atoms with van der Waals surface area (Å²) in [5.41, 5.74) is 0. The van der Waals surface area contributed by atoms with Crippen molar-refractivity contribution in [2.45, 2.75) is 23.8 Å².